The summed E-state index contributed by atoms with van der Waals surface area (Å²) >= 11 is 0. The number of nitrogens with one attached hydrogen (secondary N) is 1. The van der Waals surface area contributed by atoms with Gasteiger partial charge in [0, 0.05) is 28.5 Å². The fourth-order valence-electron chi connectivity index (χ4n) is 5.09. The monoisotopic (exact) mass is 591 g/mol. The molecule has 0 aliphatic carbocycles. The number of halogens is 4. The third-order valence-electron chi connectivity index (χ3n) is 6.95. The average molecular weight is 592 g/mol. The van der Waals surface area contributed by atoms with Crippen molar-refractivity contribution in [2.45, 2.75) is 25.1 Å². The van der Waals surface area contributed by atoms with Gasteiger partial charge in [-0.25, -0.2) is 9.07 Å². The van der Waals surface area contributed by atoms with Gasteiger partial charge in [-0.1, -0.05) is 36.4 Å². The molecule has 2 heterocycles. The molecule has 14 heteroatoms. The predicted octanol–water partition coefficient (Wildman–Crippen LogP) is 5.78. The van der Waals surface area contributed by atoms with Crippen LogP contribution in [0, 0.1) is 5.82 Å². The first-order chi connectivity index (χ1) is 20.5. The van der Waals surface area contributed by atoms with Crippen LogP contribution in [0.3, 0.4) is 0 Å². The van der Waals surface area contributed by atoms with Crippen molar-refractivity contribution in [2.75, 3.05) is 11.4 Å². The number of anilines is 1. The summed E-state index contributed by atoms with van der Waals surface area (Å²) in [6.07, 6.45) is -4.72. The second kappa shape index (κ2) is 11.4. The SMILES string of the molecule is CCN1C(=O)[C@@H](NC(=O)c2cccc(C(F)(F)F)c2)[C@@H](c2ccc(F)cc2)c2c(C(=O)N=[N+]=[N-])nn(-c3ccccc3)c21. The van der Waals surface area contributed by atoms with E-state index in [1.807, 2.05) is 0 Å². The first-order valence-corrected chi connectivity index (χ1v) is 12.9. The van der Waals surface area contributed by atoms with Crippen LogP contribution in [0.5, 0.6) is 0 Å². The average Bonchev–Trinajstić information content (AvgIpc) is 3.38. The Bertz CT molecular complexity index is 1770. The number of fused-ring (bicyclic) bond motifs is 1. The molecule has 1 aromatic heterocycles. The topological polar surface area (TPSA) is 133 Å². The van der Waals surface area contributed by atoms with E-state index < -0.39 is 47.2 Å². The minimum absolute atomic E-state index is 0.0333. The summed E-state index contributed by atoms with van der Waals surface area (Å²) in [6.45, 7) is 1.68. The van der Waals surface area contributed by atoms with Gasteiger partial charge in [-0.05, 0) is 65.6 Å². The molecule has 1 aliphatic rings. The second-order valence-electron chi connectivity index (χ2n) is 9.47. The lowest BCUT2D eigenvalue weighted by atomic mass is 9.80. The van der Waals surface area contributed by atoms with Gasteiger partial charge in [0.15, 0.2) is 0 Å². The first kappa shape index (κ1) is 29.0. The van der Waals surface area contributed by atoms with Crippen molar-refractivity contribution < 1.29 is 31.9 Å². The Morgan fingerprint density at radius 2 is 1.74 bits per heavy atom. The predicted molar refractivity (Wildman–Crippen MR) is 146 cm³/mol. The molecule has 0 spiro atoms. The zero-order valence-corrected chi connectivity index (χ0v) is 22.3. The van der Waals surface area contributed by atoms with E-state index in [2.05, 4.69) is 20.4 Å². The van der Waals surface area contributed by atoms with Gasteiger partial charge in [0.05, 0.1) is 11.3 Å². The van der Waals surface area contributed by atoms with Crippen LogP contribution in [0.25, 0.3) is 16.1 Å². The molecule has 0 saturated carbocycles. The van der Waals surface area contributed by atoms with Crippen LogP contribution >= 0.6 is 0 Å². The molecule has 0 bridgehead atoms. The van der Waals surface area contributed by atoms with E-state index >= 15 is 0 Å². The van der Waals surface area contributed by atoms with Crippen LogP contribution in [-0.2, 0) is 11.0 Å². The summed E-state index contributed by atoms with van der Waals surface area (Å²) < 4.78 is 55.4. The van der Waals surface area contributed by atoms with E-state index in [0.717, 1.165) is 30.3 Å². The van der Waals surface area contributed by atoms with E-state index in [-0.39, 0.29) is 34.7 Å². The van der Waals surface area contributed by atoms with Gasteiger partial charge in [-0.15, -0.1) is 0 Å². The van der Waals surface area contributed by atoms with Crippen LogP contribution in [0.4, 0.5) is 23.4 Å². The molecular formula is C29H21F4N7O3. The molecule has 4 aromatic rings. The minimum Gasteiger partial charge on any atom is -0.339 e. The summed E-state index contributed by atoms with van der Waals surface area (Å²) in [4.78, 5) is 44.4. The summed E-state index contributed by atoms with van der Waals surface area (Å²) in [5.41, 5.74) is 8.10. The molecule has 43 heavy (non-hydrogen) atoms. The molecular weight excluding hydrogens is 570 g/mol. The summed E-state index contributed by atoms with van der Waals surface area (Å²) in [7, 11) is 0. The van der Waals surface area contributed by atoms with Gasteiger partial charge in [0.25, 0.3) is 17.7 Å². The maximum absolute atomic E-state index is 14.1. The lowest BCUT2D eigenvalue weighted by molar-refractivity contribution is -0.137. The molecule has 0 unspecified atom stereocenters. The standard InChI is InChI=1S/C29H21F4N7O3/c1-2-39-27-22(23(26(42)36-38-34)37-40(27)20-9-4-3-5-10-20)21(16-11-13-19(30)14-12-16)24(28(39)43)35-25(41)17-7-6-8-18(15-17)29(31,32)33/h3-15,21,24H,2H2,1H3,(H,35,41)/t21-,24-/m0/s1. The molecule has 0 radical (unpaired) electrons. The number of hydrogen-bond acceptors (Lipinski definition) is 4. The van der Waals surface area contributed by atoms with Crippen LogP contribution in [0.15, 0.2) is 84.0 Å². The van der Waals surface area contributed by atoms with Crippen molar-refractivity contribution in [1.29, 1.82) is 0 Å². The fourth-order valence-corrected chi connectivity index (χ4v) is 5.09. The largest absolute Gasteiger partial charge is 0.416 e. The van der Waals surface area contributed by atoms with Crippen LogP contribution in [0.1, 0.15) is 50.4 Å². The van der Waals surface area contributed by atoms with E-state index in [0.29, 0.717) is 11.8 Å². The third-order valence-corrected chi connectivity index (χ3v) is 6.95. The molecule has 1 N–H and O–H groups in total. The van der Waals surface area contributed by atoms with E-state index in [1.165, 1.54) is 21.7 Å². The highest BCUT2D eigenvalue weighted by atomic mass is 19.4. The van der Waals surface area contributed by atoms with Gasteiger partial charge in [-0.3, -0.25) is 19.3 Å². The Morgan fingerprint density at radius 3 is 2.37 bits per heavy atom. The van der Waals surface area contributed by atoms with Gasteiger partial charge in [-0.2, -0.15) is 18.3 Å². The van der Waals surface area contributed by atoms with E-state index in [1.54, 1.807) is 37.3 Å². The molecule has 0 fully saturated rings. The Morgan fingerprint density at radius 1 is 1.05 bits per heavy atom. The number of likely N-dealkylation sites (N-methyl/N-ethyl adjacent to an activating group) is 1. The molecule has 218 valence electrons. The number of carbonyl (C=O) groups excluding carboxylic acids is 3. The van der Waals surface area contributed by atoms with Crippen molar-refractivity contribution in [1.82, 2.24) is 15.1 Å². The number of para-hydroxylation sites is 1. The van der Waals surface area contributed by atoms with E-state index in [9.17, 15) is 31.9 Å². The van der Waals surface area contributed by atoms with Crippen LogP contribution < -0.4 is 10.2 Å². The number of rotatable bonds is 6. The van der Waals surface area contributed by atoms with Crippen molar-refractivity contribution >= 4 is 23.5 Å². The van der Waals surface area contributed by atoms with Gasteiger partial charge >= 0.3 is 6.18 Å². The van der Waals surface area contributed by atoms with Gasteiger partial charge in [0.2, 0.25) is 0 Å². The van der Waals surface area contributed by atoms with Crippen molar-refractivity contribution in [3.8, 4) is 5.69 Å². The summed E-state index contributed by atoms with van der Waals surface area (Å²) in [6, 6.07) is 15.6. The Balaban J connectivity index is 1.74. The van der Waals surface area contributed by atoms with Crippen molar-refractivity contribution in [2.24, 2.45) is 5.11 Å². The molecule has 3 amide bonds. The lowest BCUT2D eigenvalue weighted by Crippen LogP contribution is -2.55. The van der Waals surface area contributed by atoms with Gasteiger partial charge < -0.3 is 5.32 Å². The number of amides is 3. The second-order valence-corrected chi connectivity index (χ2v) is 9.47. The number of azide groups is 1. The van der Waals surface area contributed by atoms with Gasteiger partial charge in [0.1, 0.15) is 23.4 Å². The molecule has 1 aliphatic heterocycles. The number of benzene rings is 3. The number of nitrogens with zero attached hydrogens (tertiary/aromatic N) is 6. The molecule has 0 saturated heterocycles. The molecule has 5 rings (SSSR count). The third kappa shape index (κ3) is 5.43. The molecule has 2 atom stereocenters. The van der Waals surface area contributed by atoms with Crippen LogP contribution in [-0.4, -0.2) is 40.1 Å². The normalized spacial score (nSPS) is 16.3. The Kier molecular flexibility index (Phi) is 7.70. The van der Waals surface area contributed by atoms with Crippen molar-refractivity contribution in [3.05, 3.63) is 123 Å². The Labute approximate surface area is 241 Å². The summed E-state index contributed by atoms with van der Waals surface area (Å²) in [5.74, 6) is -4.37. The smallest absolute Gasteiger partial charge is 0.339 e. The highest BCUT2D eigenvalue weighted by molar-refractivity contribution is 6.07. The van der Waals surface area contributed by atoms with E-state index in [4.69, 9.17) is 5.53 Å². The lowest BCUT2D eigenvalue weighted by Gasteiger charge is -2.38. The zero-order chi connectivity index (χ0) is 30.9. The maximum atomic E-state index is 14.1. The maximum Gasteiger partial charge on any atom is 0.416 e. The minimum atomic E-state index is -4.72. The zero-order valence-electron chi connectivity index (χ0n) is 22.3. The molecule has 3 aromatic carbocycles. The first-order valence-electron chi connectivity index (χ1n) is 12.9. The number of hydrogen-bond donors (Lipinski definition) is 1. The Hall–Kier alpha value is -5.49. The highest BCUT2D eigenvalue weighted by Gasteiger charge is 2.47. The number of carbonyl (C=O) groups is 3. The van der Waals surface area contributed by atoms with Crippen LogP contribution in [0.2, 0.25) is 0 Å². The quantitative estimate of drug-likeness (QED) is 0.132. The molecule has 10 nitrogen and oxygen atoms in total. The number of aromatic nitrogens is 2. The fraction of sp³-hybridized carbons (Fsp3) is 0.172. The number of alkyl halides is 3. The van der Waals surface area contributed by atoms with Crippen molar-refractivity contribution in [3.63, 3.8) is 0 Å². The highest BCUT2D eigenvalue weighted by Crippen LogP contribution is 2.44. The summed E-state index contributed by atoms with van der Waals surface area (Å²) in [5, 5.41) is 10.1.